The number of hydrogen-bond donors (Lipinski definition) is 2. The van der Waals surface area contributed by atoms with Gasteiger partial charge in [0.25, 0.3) is 5.91 Å². The number of halogens is 1. The summed E-state index contributed by atoms with van der Waals surface area (Å²) in [4.78, 5) is 16.2. The zero-order chi connectivity index (χ0) is 19.2. The molecule has 6 heteroatoms. The lowest BCUT2D eigenvalue weighted by atomic mass is 10.2. The number of ether oxygens (including phenoxy) is 1. The average Bonchev–Trinajstić information content (AvgIpc) is 2.70. The number of carbonyl (C=O) groups excluding carboxylic acids is 1. The Morgan fingerprint density at radius 1 is 1.19 bits per heavy atom. The van der Waals surface area contributed by atoms with Crippen LogP contribution < -0.4 is 19.9 Å². The van der Waals surface area contributed by atoms with Crippen molar-refractivity contribution >= 4 is 17.3 Å². The van der Waals surface area contributed by atoms with Crippen LogP contribution in [0.25, 0.3) is 0 Å². The van der Waals surface area contributed by atoms with Crippen molar-refractivity contribution in [2.24, 2.45) is 0 Å². The van der Waals surface area contributed by atoms with Crippen LogP contribution in [0.15, 0.2) is 48.5 Å². The fourth-order valence-corrected chi connectivity index (χ4v) is 3.41. The van der Waals surface area contributed by atoms with Crippen molar-refractivity contribution in [3.05, 3.63) is 54.3 Å². The van der Waals surface area contributed by atoms with E-state index < -0.39 is 0 Å². The summed E-state index contributed by atoms with van der Waals surface area (Å²) in [7, 11) is 0. The molecule has 0 radical (unpaired) electrons. The third-order valence-corrected chi connectivity index (χ3v) is 5.05. The van der Waals surface area contributed by atoms with E-state index in [-0.39, 0.29) is 17.8 Å². The zero-order valence-corrected chi connectivity index (χ0v) is 15.9. The second kappa shape index (κ2) is 8.86. The van der Waals surface area contributed by atoms with Crippen LogP contribution in [-0.2, 0) is 4.79 Å². The normalized spacial score (nSPS) is 16.0. The second-order valence-corrected chi connectivity index (χ2v) is 6.76. The summed E-state index contributed by atoms with van der Waals surface area (Å²) >= 11 is 0. The maximum Gasteiger partial charge on any atom is 0.282 e. The summed E-state index contributed by atoms with van der Waals surface area (Å²) in [5.74, 6) is 0.463. The number of benzene rings is 2. The number of nitrogens with zero attached hydrogens (tertiary/aromatic N) is 1. The first-order valence-corrected chi connectivity index (χ1v) is 9.46. The lowest BCUT2D eigenvalue weighted by Gasteiger charge is -2.36. The van der Waals surface area contributed by atoms with Crippen molar-refractivity contribution in [3.8, 4) is 5.75 Å². The van der Waals surface area contributed by atoms with Crippen LogP contribution in [0.2, 0.25) is 0 Å². The molecule has 0 unspecified atom stereocenters. The molecule has 1 saturated heterocycles. The van der Waals surface area contributed by atoms with E-state index in [4.69, 9.17) is 4.74 Å². The minimum atomic E-state index is -0.222. The molecule has 2 N–H and O–H groups in total. The Kier molecular flexibility index (Phi) is 6.29. The predicted octanol–water partition coefficient (Wildman–Crippen LogP) is 1.96. The summed E-state index contributed by atoms with van der Waals surface area (Å²) < 4.78 is 18.7. The van der Waals surface area contributed by atoms with E-state index in [2.05, 4.69) is 10.2 Å². The fourth-order valence-electron chi connectivity index (χ4n) is 3.41. The number of hydrogen-bond acceptors (Lipinski definition) is 3. The van der Waals surface area contributed by atoms with Gasteiger partial charge in [0.1, 0.15) is 11.6 Å². The number of para-hydroxylation sites is 2. The highest BCUT2D eigenvalue weighted by Crippen LogP contribution is 2.23. The van der Waals surface area contributed by atoms with Gasteiger partial charge in [-0.3, -0.25) is 4.79 Å². The minimum absolute atomic E-state index is 0.00705. The maximum absolute atomic E-state index is 13.1. The van der Waals surface area contributed by atoms with E-state index >= 15 is 0 Å². The number of carbonyl (C=O) groups is 1. The van der Waals surface area contributed by atoms with E-state index in [1.807, 2.05) is 38.1 Å². The van der Waals surface area contributed by atoms with Gasteiger partial charge in [0.2, 0.25) is 0 Å². The number of quaternary nitrogens is 1. The predicted molar refractivity (Wildman–Crippen MR) is 105 cm³/mol. The summed E-state index contributed by atoms with van der Waals surface area (Å²) in [6.45, 7) is 7.84. The Bertz CT molecular complexity index is 758. The molecule has 0 aliphatic carbocycles. The van der Waals surface area contributed by atoms with E-state index in [1.165, 1.54) is 17.0 Å². The SMILES string of the molecule is CCOc1ccccc1NC(=O)[C@H](C)[NH+]1CCN(c2ccc(F)cc2)CC1. The fraction of sp³-hybridized carbons (Fsp3) is 0.381. The minimum Gasteiger partial charge on any atom is -0.492 e. The number of piperazine rings is 1. The van der Waals surface area contributed by atoms with Crippen LogP contribution in [0, 0.1) is 5.82 Å². The smallest absolute Gasteiger partial charge is 0.282 e. The first-order valence-electron chi connectivity index (χ1n) is 9.46. The van der Waals surface area contributed by atoms with Crippen LogP contribution in [0.3, 0.4) is 0 Å². The Morgan fingerprint density at radius 3 is 2.52 bits per heavy atom. The molecule has 1 aliphatic rings. The van der Waals surface area contributed by atoms with Crippen LogP contribution in [-0.4, -0.2) is 44.7 Å². The third kappa shape index (κ3) is 4.77. The van der Waals surface area contributed by atoms with Gasteiger partial charge in [0.05, 0.1) is 38.5 Å². The number of amides is 1. The molecular weight excluding hydrogens is 345 g/mol. The standard InChI is InChI=1S/C21H26FN3O2/c1-3-27-20-7-5-4-6-19(20)23-21(26)16(2)24-12-14-25(15-13-24)18-10-8-17(22)9-11-18/h4-11,16H,3,12-15H2,1-2H3,(H,23,26)/p+1/t16-/m0/s1. The van der Waals surface area contributed by atoms with E-state index in [0.29, 0.717) is 18.0 Å². The highest BCUT2D eigenvalue weighted by Gasteiger charge is 2.29. The van der Waals surface area contributed by atoms with Gasteiger partial charge in [-0.05, 0) is 50.2 Å². The van der Waals surface area contributed by atoms with Crippen molar-refractivity contribution < 1.29 is 18.8 Å². The molecule has 0 bridgehead atoms. The molecule has 0 saturated carbocycles. The quantitative estimate of drug-likeness (QED) is 0.815. The molecule has 2 aromatic carbocycles. The van der Waals surface area contributed by atoms with Gasteiger partial charge in [0, 0.05) is 5.69 Å². The van der Waals surface area contributed by atoms with Gasteiger partial charge in [-0.25, -0.2) is 4.39 Å². The zero-order valence-electron chi connectivity index (χ0n) is 15.9. The molecule has 1 fully saturated rings. The molecule has 3 rings (SSSR count). The van der Waals surface area contributed by atoms with Crippen molar-refractivity contribution in [1.82, 2.24) is 0 Å². The van der Waals surface area contributed by atoms with Crippen molar-refractivity contribution in [2.75, 3.05) is 43.0 Å². The molecule has 1 atom stereocenters. The summed E-state index contributed by atoms with van der Waals surface area (Å²) in [6.07, 6.45) is 0. The van der Waals surface area contributed by atoms with Gasteiger partial charge >= 0.3 is 0 Å². The largest absolute Gasteiger partial charge is 0.492 e. The van der Waals surface area contributed by atoms with Crippen molar-refractivity contribution in [2.45, 2.75) is 19.9 Å². The first kappa shape index (κ1) is 19.2. The number of nitrogens with one attached hydrogen (secondary N) is 2. The van der Waals surface area contributed by atoms with Crippen molar-refractivity contribution in [3.63, 3.8) is 0 Å². The molecule has 144 valence electrons. The lowest BCUT2D eigenvalue weighted by molar-refractivity contribution is -0.914. The van der Waals surface area contributed by atoms with Crippen LogP contribution in [0.1, 0.15) is 13.8 Å². The van der Waals surface area contributed by atoms with E-state index in [0.717, 1.165) is 31.9 Å². The first-order chi connectivity index (χ1) is 13.1. The molecule has 1 heterocycles. The Morgan fingerprint density at radius 2 is 1.85 bits per heavy atom. The highest BCUT2D eigenvalue weighted by atomic mass is 19.1. The summed E-state index contributed by atoms with van der Waals surface area (Å²) in [5, 5.41) is 3.00. The Labute approximate surface area is 159 Å². The van der Waals surface area contributed by atoms with Crippen molar-refractivity contribution in [1.29, 1.82) is 0 Å². The monoisotopic (exact) mass is 372 g/mol. The molecule has 27 heavy (non-hydrogen) atoms. The molecule has 0 aromatic heterocycles. The van der Waals surface area contributed by atoms with Gasteiger partial charge in [-0.15, -0.1) is 0 Å². The Balaban J connectivity index is 1.56. The summed E-state index contributed by atoms with van der Waals surface area (Å²) in [6, 6.07) is 13.9. The molecule has 5 nitrogen and oxygen atoms in total. The molecular formula is C21H27FN3O2+. The van der Waals surface area contributed by atoms with Crippen LogP contribution in [0.5, 0.6) is 5.75 Å². The van der Waals surface area contributed by atoms with Gasteiger partial charge in [-0.1, -0.05) is 12.1 Å². The topological polar surface area (TPSA) is 46.0 Å². The molecule has 1 amide bonds. The molecule has 1 aliphatic heterocycles. The highest BCUT2D eigenvalue weighted by molar-refractivity contribution is 5.94. The summed E-state index contributed by atoms with van der Waals surface area (Å²) in [5.41, 5.74) is 1.73. The number of rotatable bonds is 6. The molecule has 2 aromatic rings. The van der Waals surface area contributed by atoms with Gasteiger partial charge in [-0.2, -0.15) is 0 Å². The van der Waals surface area contributed by atoms with Crippen LogP contribution in [0.4, 0.5) is 15.8 Å². The molecule has 0 spiro atoms. The maximum atomic E-state index is 13.1. The van der Waals surface area contributed by atoms with Gasteiger partial charge in [0.15, 0.2) is 6.04 Å². The Hall–Kier alpha value is -2.60. The van der Waals surface area contributed by atoms with Gasteiger partial charge < -0.3 is 19.9 Å². The average molecular weight is 372 g/mol. The van der Waals surface area contributed by atoms with Crippen LogP contribution >= 0.6 is 0 Å². The van der Waals surface area contributed by atoms with E-state index in [9.17, 15) is 9.18 Å². The lowest BCUT2D eigenvalue weighted by Crippen LogP contribution is -3.19. The number of anilines is 2. The second-order valence-electron chi connectivity index (χ2n) is 6.76. The van der Waals surface area contributed by atoms with E-state index in [1.54, 1.807) is 12.1 Å². The third-order valence-electron chi connectivity index (χ3n) is 5.05.